The second-order valence-electron chi connectivity index (χ2n) is 3.58. The Balaban J connectivity index is 2.25. The largest absolute Gasteiger partial charge is 0.435 e. The Bertz CT molecular complexity index is 557. The Hall–Kier alpha value is -0.170. The fourth-order valence-electron chi connectivity index (χ4n) is 1.50. The predicted octanol–water partition coefficient (Wildman–Crippen LogP) is 6.25. The van der Waals surface area contributed by atoms with E-state index in [9.17, 15) is 8.78 Å². The van der Waals surface area contributed by atoms with Gasteiger partial charge in [0.05, 0.1) is 13.6 Å². The van der Waals surface area contributed by atoms with Crippen molar-refractivity contribution in [2.75, 3.05) is 0 Å². The fraction of sp³-hybridized carbons (Fsp3) is 0.167. The van der Waals surface area contributed by atoms with Crippen LogP contribution in [-0.4, -0.2) is 6.61 Å². The molecule has 2 aromatic rings. The summed E-state index contributed by atoms with van der Waals surface area (Å²) < 4.78 is 29.6. The van der Waals surface area contributed by atoms with Crippen molar-refractivity contribution in [2.24, 2.45) is 0 Å². The van der Waals surface area contributed by atoms with Gasteiger partial charge in [-0.3, -0.25) is 0 Å². The SMILES string of the molecule is FC(F)Oc1cccc(C(Br)c2cc(Cl)c(Br)s2)c1. The lowest BCUT2D eigenvalue weighted by Gasteiger charge is -2.10. The van der Waals surface area contributed by atoms with E-state index in [2.05, 4.69) is 36.6 Å². The van der Waals surface area contributed by atoms with Crippen LogP contribution >= 0.6 is 54.8 Å². The third-order valence-electron chi connectivity index (χ3n) is 2.29. The molecule has 7 heteroatoms. The van der Waals surface area contributed by atoms with Crippen LogP contribution in [0.1, 0.15) is 15.3 Å². The van der Waals surface area contributed by atoms with E-state index in [-0.39, 0.29) is 10.6 Å². The van der Waals surface area contributed by atoms with Crippen molar-refractivity contribution in [3.05, 3.63) is 49.6 Å². The van der Waals surface area contributed by atoms with E-state index >= 15 is 0 Å². The summed E-state index contributed by atoms with van der Waals surface area (Å²) in [6.07, 6.45) is 0. The van der Waals surface area contributed by atoms with Crippen LogP contribution in [0.25, 0.3) is 0 Å². The first-order chi connectivity index (χ1) is 8.97. The smallest absolute Gasteiger partial charge is 0.387 e. The summed E-state index contributed by atoms with van der Waals surface area (Å²) in [6, 6.07) is 8.40. The fourth-order valence-corrected chi connectivity index (χ4v) is 3.95. The maximum absolute atomic E-state index is 12.2. The Labute approximate surface area is 134 Å². The third kappa shape index (κ3) is 3.90. The predicted molar refractivity (Wildman–Crippen MR) is 80.9 cm³/mol. The molecule has 0 aliphatic heterocycles. The van der Waals surface area contributed by atoms with Gasteiger partial charge in [-0.15, -0.1) is 11.3 Å². The monoisotopic (exact) mass is 430 g/mol. The van der Waals surface area contributed by atoms with Gasteiger partial charge in [0.2, 0.25) is 0 Å². The van der Waals surface area contributed by atoms with Gasteiger partial charge in [-0.2, -0.15) is 8.78 Å². The van der Waals surface area contributed by atoms with Crippen LogP contribution in [0.15, 0.2) is 34.1 Å². The van der Waals surface area contributed by atoms with Gasteiger partial charge >= 0.3 is 6.61 Å². The Morgan fingerprint density at radius 2 is 2.00 bits per heavy atom. The average molecular weight is 433 g/mol. The van der Waals surface area contributed by atoms with Gasteiger partial charge < -0.3 is 4.74 Å². The number of alkyl halides is 3. The molecule has 1 aromatic carbocycles. The van der Waals surface area contributed by atoms with Crippen LogP contribution in [0.5, 0.6) is 5.75 Å². The van der Waals surface area contributed by atoms with Crippen molar-refractivity contribution in [1.82, 2.24) is 0 Å². The van der Waals surface area contributed by atoms with Gasteiger partial charge in [-0.1, -0.05) is 39.7 Å². The van der Waals surface area contributed by atoms with E-state index < -0.39 is 6.61 Å². The molecule has 0 fully saturated rings. The van der Waals surface area contributed by atoms with Crippen LogP contribution < -0.4 is 4.74 Å². The number of thiophene rings is 1. The first-order valence-electron chi connectivity index (χ1n) is 5.11. The molecular weight excluding hydrogens is 425 g/mol. The molecule has 1 heterocycles. The van der Waals surface area contributed by atoms with Crippen LogP contribution in [-0.2, 0) is 0 Å². The van der Waals surface area contributed by atoms with Crippen molar-refractivity contribution < 1.29 is 13.5 Å². The van der Waals surface area contributed by atoms with Gasteiger partial charge in [0.15, 0.2) is 0 Å². The number of halogens is 5. The third-order valence-corrected chi connectivity index (χ3v) is 6.15. The highest BCUT2D eigenvalue weighted by atomic mass is 79.9. The minimum atomic E-state index is -2.82. The molecule has 102 valence electrons. The molecule has 0 bridgehead atoms. The quantitative estimate of drug-likeness (QED) is 0.519. The van der Waals surface area contributed by atoms with Gasteiger partial charge in [-0.05, 0) is 39.7 Å². The second-order valence-corrected chi connectivity index (χ2v) is 7.31. The molecule has 0 saturated carbocycles. The summed E-state index contributed by atoms with van der Waals surface area (Å²) in [6.45, 7) is -2.82. The molecule has 1 nitrogen and oxygen atoms in total. The van der Waals surface area contributed by atoms with Crippen LogP contribution in [0.4, 0.5) is 8.78 Å². The zero-order valence-electron chi connectivity index (χ0n) is 9.25. The molecule has 1 unspecified atom stereocenters. The first-order valence-corrected chi connectivity index (χ1v) is 8.01. The molecule has 0 aliphatic rings. The van der Waals surface area contributed by atoms with Crippen molar-refractivity contribution in [2.45, 2.75) is 11.4 Å². The summed E-state index contributed by atoms with van der Waals surface area (Å²) in [7, 11) is 0. The lowest BCUT2D eigenvalue weighted by molar-refractivity contribution is -0.0498. The van der Waals surface area contributed by atoms with Crippen molar-refractivity contribution in [3.63, 3.8) is 0 Å². The zero-order valence-corrected chi connectivity index (χ0v) is 14.0. The normalized spacial score (nSPS) is 12.7. The zero-order chi connectivity index (χ0) is 14.0. The molecule has 19 heavy (non-hydrogen) atoms. The lowest BCUT2D eigenvalue weighted by Crippen LogP contribution is -2.02. The van der Waals surface area contributed by atoms with Crippen molar-refractivity contribution in [1.29, 1.82) is 0 Å². The van der Waals surface area contributed by atoms with E-state index in [0.717, 1.165) is 14.2 Å². The highest BCUT2D eigenvalue weighted by Crippen LogP contribution is 2.41. The highest BCUT2D eigenvalue weighted by molar-refractivity contribution is 9.11. The standard InChI is InChI=1S/C12H7Br2ClF2OS/c13-10(9-5-8(15)11(14)19-9)6-2-1-3-7(4-6)18-12(16)17/h1-5,10,12H. The van der Waals surface area contributed by atoms with E-state index in [1.54, 1.807) is 12.1 Å². The van der Waals surface area contributed by atoms with Gasteiger partial charge in [0, 0.05) is 4.88 Å². The molecule has 0 saturated heterocycles. The molecule has 0 amide bonds. The van der Waals surface area contributed by atoms with Crippen LogP contribution in [0.3, 0.4) is 0 Å². The minimum absolute atomic E-state index is 0.123. The van der Waals surface area contributed by atoms with Crippen LogP contribution in [0, 0.1) is 0 Å². The molecular formula is C12H7Br2ClF2OS. The van der Waals surface area contributed by atoms with E-state index in [4.69, 9.17) is 11.6 Å². The Morgan fingerprint density at radius 3 is 2.58 bits per heavy atom. The highest BCUT2D eigenvalue weighted by Gasteiger charge is 2.16. The Morgan fingerprint density at radius 1 is 1.26 bits per heavy atom. The lowest BCUT2D eigenvalue weighted by atomic mass is 10.1. The second kappa shape index (κ2) is 6.52. The van der Waals surface area contributed by atoms with E-state index in [1.807, 2.05) is 12.1 Å². The molecule has 0 spiro atoms. The summed E-state index contributed by atoms with van der Waals surface area (Å²) in [5.41, 5.74) is 0.823. The van der Waals surface area contributed by atoms with E-state index in [1.165, 1.54) is 17.4 Å². The summed E-state index contributed by atoms with van der Waals surface area (Å²) >= 11 is 14.3. The van der Waals surface area contributed by atoms with Crippen molar-refractivity contribution in [3.8, 4) is 5.75 Å². The topological polar surface area (TPSA) is 9.23 Å². The number of benzene rings is 1. The first kappa shape index (κ1) is 15.2. The summed E-state index contributed by atoms with van der Waals surface area (Å²) in [5.74, 6) is 0.138. The van der Waals surface area contributed by atoms with Gasteiger partial charge in [-0.25, -0.2) is 0 Å². The maximum Gasteiger partial charge on any atom is 0.387 e. The summed E-state index contributed by atoms with van der Waals surface area (Å²) in [4.78, 5) is 0.855. The molecule has 0 aliphatic carbocycles. The molecule has 1 aromatic heterocycles. The molecule has 0 N–H and O–H groups in total. The molecule has 2 rings (SSSR count). The summed E-state index contributed by atoms with van der Waals surface area (Å²) in [5, 5.41) is 0.629. The number of rotatable bonds is 4. The number of ether oxygens (including phenoxy) is 1. The number of hydrogen-bond donors (Lipinski definition) is 0. The van der Waals surface area contributed by atoms with Gasteiger partial charge in [0.25, 0.3) is 0 Å². The number of hydrogen-bond acceptors (Lipinski definition) is 2. The molecule has 0 radical (unpaired) electrons. The minimum Gasteiger partial charge on any atom is -0.435 e. The van der Waals surface area contributed by atoms with Crippen molar-refractivity contribution >= 4 is 54.8 Å². The van der Waals surface area contributed by atoms with Gasteiger partial charge in [0.1, 0.15) is 5.75 Å². The molecule has 1 atom stereocenters. The average Bonchev–Trinajstić information content (AvgIpc) is 2.68. The van der Waals surface area contributed by atoms with Crippen LogP contribution in [0.2, 0.25) is 5.02 Å². The maximum atomic E-state index is 12.2. The van der Waals surface area contributed by atoms with E-state index in [0.29, 0.717) is 5.02 Å². The Kier molecular flexibility index (Phi) is 5.22.